The molecule has 4 saturated carbocycles. The van der Waals surface area contributed by atoms with Crippen LogP contribution < -0.4 is 5.32 Å². The van der Waals surface area contributed by atoms with Crippen molar-refractivity contribution < 1.29 is 18.0 Å². The smallest absolute Gasteiger partial charge is 0.351 e. The minimum atomic E-state index is -4.56. The predicted octanol–water partition coefficient (Wildman–Crippen LogP) is 5.65. The molecule has 0 aromatic carbocycles. The Morgan fingerprint density at radius 1 is 1.24 bits per heavy atom. The molecule has 0 saturated heterocycles. The fourth-order valence-corrected chi connectivity index (χ4v) is 7.24. The molecule has 4 nitrogen and oxygen atoms in total. The summed E-state index contributed by atoms with van der Waals surface area (Å²) in [6, 6.07) is -0.724. The van der Waals surface area contributed by atoms with Crippen LogP contribution in [0.4, 0.5) is 13.2 Å². The lowest BCUT2D eigenvalue weighted by Gasteiger charge is -2.59. The molecule has 4 aliphatic carbocycles. The van der Waals surface area contributed by atoms with Gasteiger partial charge in [-0.2, -0.15) is 18.3 Å². The number of hydrogen-bond donors (Lipinski definition) is 1. The van der Waals surface area contributed by atoms with Gasteiger partial charge in [0.2, 0.25) is 5.91 Å². The van der Waals surface area contributed by atoms with E-state index in [-0.39, 0.29) is 21.8 Å². The summed E-state index contributed by atoms with van der Waals surface area (Å²) in [5.41, 5.74) is -0.513. The molecule has 1 amide bonds. The van der Waals surface area contributed by atoms with Gasteiger partial charge in [-0.05, 0) is 97.9 Å². The quantitative estimate of drug-likeness (QED) is 0.598. The molecule has 8 heteroatoms. The number of hydrogen-bond acceptors (Lipinski definition) is 2. The van der Waals surface area contributed by atoms with Crippen LogP contribution in [-0.4, -0.2) is 21.7 Å². The summed E-state index contributed by atoms with van der Waals surface area (Å²) in [6.07, 6.45) is 3.82. The third kappa shape index (κ3) is 3.63. The van der Waals surface area contributed by atoms with E-state index < -0.39 is 17.9 Å². The van der Waals surface area contributed by atoms with Gasteiger partial charge in [0.05, 0.1) is 10.2 Å². The van der Waals surface area contributed by atoms with E-state index in [0.717, 1.165) is 24.2 Å². The van der Waals surface area contributed by atoms with E-state index in [1.54, 1.807) is 13.8 Å². The Morgan fingerprint density at radius 3 is 2.17 bits per heavy atom. The SMILES string of the molecule is CCC(NC(=O)C(C)n1nc(C(F)(F)F)c(Br)c1C)C12CC3CC(CC(C3)C1)C2. The number of carbonyl (C=O) groups excluding carboxylic acids is 1. The van der Waals surface area contributed by atoms with Crippen LogP contribution in [0, 0.1) is 30.1 Å². The lowest BCUT2D eigenvalue weighted by atomic mass is 9.47. The van der Waals surface area contributed by atoms with Crippen LogP contribution >= 0.6 is 15.9 Å². The molecule has 2 unspecified atom stereocenters. The van der Waals surface area contributed by atoms with Gasteiger partial charge in [0.1, 0.15) is 6.04 Å². The molecule has 0 spiro atoms. The summed E-state index contributed by atoms with van der Waals surface area (Å²) in [5.74, 6) is 2.09. The van der Waals surface area contributed by atoms with Crippen LogP contribution in [0.25, 0.3) is 0 Å². The first-order valence-corrected chi connectivity index (χ1v) is 11.5. The molecule has 1 aromatic heterocycles. The highest BCUT2D eigenvalue weighted by atomic mass is 79.9. The van der Waals surface area contributed by atoms with Crippen LogP contribution in [0.2, 0.25) is 0 Å². The Labute approximate surface area is 178 Å². The zero-order chi connectivity index (χ0) is 21.1. The van der Waals surface area contributed by atoms with Crippen molar-refractivity contribution >= 4 is 21.8 Å². The topological polar surface area (TPSA) is 46.9 Å². The minimum Gasteiger partial charge on any atom is -0.351 e. The molecule has 2 atom stereocenters. The molecule has 0 aliphatic heterocycles. The van der Waals surface area contributed by atoms with Crippen molar-refractivity contribution in [2.75, 3.05) is 0 Å². The molecule has 29 heavy (non-hydrogen) atoms. The van der Waals surface area contributed by atoms with Crippen molar-refractivity contribution in [1.29, 1.82) is 0 Å². The molecule has 162 valence electrons. The summed E-state index contributed by atoms with van der Waals surface area (Å²) >= 11 is 2.99. The number of alkyl halides is 3. The van der Waals surface area contributed by atoms with E-state index in [9.17, 15) is 18.0 Å². The van der Waals surface area contributed by atoms with Gasteiger partial charge in [0, 0.05) is 6.04 Å². The van der Waals surface area contributed by atoms with Gasteiger partial charge >= 0.3 is 6.18 Å². The average Bonchev–Trinajstić information content (AvgIpc) is 2.93. The summed E-state index contributed by atoms with van der Waals surface area (Å²) < 4.78 is 40.7. The van der Waals surface area contributed by atoms with E-state index in [2.05, 4.69) is 33.3 Å². The number of nitrogens with one attached hydrogen (secondary N) is 1. The molecular weight excluding hydrogens is 447 g/mol. The summed E-state index contributed by atoms with van der Waals surface area (Å²) in [6.45, 7) is 5.27. The molecule has 1 heterocycles. The predicted molar refractivity (Wildman–Crippen MR) is 107 cm³/mol. The summed E-state index contributed by atoms with van der Waals surface area (Å²) in [7, 11) is 0. The number of amides is 1. The van der Waals surface area contributed by atoms with E-state index in [1.807, 2.05) is 0 Å². The van der Waals surface area contributed by atoms with Crippen LogP contribution in [-0.2, 0) is 11.0 Å². The van der Waals surface area contributed by atoms with Gasteiger partial charge < -0.3 is 5.32 Å². The van der Waals surface area contributed by atoms with E-state index >= 15 is 0 Å². The zero-order valence-electron chi connectivity index (χ0n) is 17.2. The van der Waals surface area contributed by atoms with E-state index in [0.29, 0.717) is 5.69 Å². The second-order valence-electron chi connectivity index (χ2n) is 9.62. The highest BCUT2D eigenvalue weighted by Crippen LogP contribution is 2.61. The van der Waals surface area contributed by atoms with Crippen LogP contribution in [0.5, 0.6) is 0 Å². The molecule has 0 radical (unpaired) electrons. The second kappa shape index (κ2) is 7.27. The normalized spacial score (nSPS) is 33.0. The summed E-state index contributed by atoms with van der Waals surface area (Å²) in [4.78, 5) is 13.1. The van der Waals surface area contributed by atoms with Crippen molar-refractivity contribution in [3.05, 3.63) is 15.9 Å². The van der Waals surface area contributed by atoms with Gasteiger partial charge in [-0.25, -0.2) is 0 Å². The highest BCUT2D eigenvalue weighted by molar-refractivity contribution is 9.10. The van der Waals surface area contributed by atoms with Crippen molar-refractivity contribution in [3.8, 4) is 0 Å². The number of carbonyl (C=O) groups is 1. The molecule has 4 bridgehead atoms. The van der Waals surface area contributed by atoms with Crippen LogP contribution in [0.15, 0.2) is 4.47 Å². The zero-order valence-corrected chi connectivity index (χ0v) is 18.7. The molecule has 4 aliphatic rings. The van der Waals surface area contributed by atoms with Crippen molar-refractivity contribution in [2.24, 2.45) is 23.2 Å². The molecular formula is C21H29BrF3N3O. The van der Waals surface area contributed by atoms with Gasteiger partial charge in [-0.15, -0.1) is 0 Å². The Balaban J connectivity index is 1.53. The molecule has 4 fully saturated rings. The standard InChI is InChI=1S/C21H29BrF3N3O/c1-4-16(20-8-13-5-14(9-20)7-15(6-13)10-20)26-19(29)12(3)28-11(2)17(22)18(27-28)21(23,24)25/h12-16H,4-10H2,1-3H3,(H,26,29). The Bertz CT molecular complexity index is 769. The maximum atomic E-state index is 13.2. The lowest BCUT2D eigenvalue weighted by Crippen LogP contribution is -2.57. The van der Waals surface area contributed by atoms with Crippen LogP contribution in [0.3, 0.4) is 0 Å². The largest absolute Gasteiger partial charge is 0.436 e. The van der Waals surface area contributed by atoms with Crippen molar-refractivity contribution in [1.82, 2.24) is 15.1 Å². The van der Waals surface area contributed by atoms with Gasteiger partial charge in [-0.1, -0.05) is 6.92 Å². The molecule has 1 aromatic rings. The Hall–Kier alpha value is -1.05. The number of nitrogens with zero attached hydrogens (tertiary/aromatic N) is 2. The minimum absolute atomic E-state index is 0.0762. The second-order valence-corrected chi connectivity index (χ2v) is 10.4. The van der Waals surface area contributed by atoms with Gasteiger partial charge in [0.15, 0.2) is 5.69 Å². The third-order valence-corrected chi connectivity index (χ3v) is 8.59. The molecule has 5 rings (SSSR count). The third-order valence-electron chi connectivity index (χ3n) is 7.64. The van der Waals surface area contributed by atoms with Gasteiger partial charge in [-0.3, -0.25) is 9.48 Å². The maximum Gasteiger partial charge on any atom is 0.436 e. The fourth-order valence-electron chi connectivity index (χ4n) is 6.75. The van der Waals surface area contributed by atoms with Crippen LogP contribution in [0.1, 0.15) is 76.2 Å². The first-order valence-electron chi connectivity index (χ1n) is 10.7. The Kier molecular flexibility index (Phi) is 5.32. The maximum absolute atomic E-state index is 13.2. The highest BCUT2D eigenvalue weighted by Gasteiger charge is 2.54. The fraction of sp³-hybridized carbons (Fsp3) is 0.810. The molecule has 1 N–H and O–H groups in total. The first-order chi connectivity index (χ1) is 13.5. The lowest BCUT2D eigenvalue weighted by molar-refractivity contribution is -0.142. The monoisotopic (exact) mass is 475 g/mol. The first kappa shape index (κ1) is 21.2. The van der Waals surface area contributed by atoms with E-state index in [1.165, 1.54) is 43.2 Å². The average molecular weight is 476 g/mol. The van der Waals surface area contributed by atoms with Crippen molar-refractivity contribution in [2.45, 2.75) is 84.0 Å². The van der Waals surface area contributed by atoms with Crippen molar-refractivity contribution in [3.63, 3.8) is 0 Å². The summed E-state index contributed by atoms with van der Waals surface area (Å²) in [5, 5.41) is 6.93. The number of rotatable bonds is 5. The Morgan fingerprint density at radius 2 is 1.76 bits per heavy atom. The van der Waals surface area contributed by atoms with E-state index in [4.69, 9.17) is 0 Å². The van der Waals surface area contributed by atoms with Gasteiger partial charge in [0.25, 0.3) is 0 Å². The number of halogens is 4. The number of aromatic nitrogens is 2.